The minimum Gasteiger partial charge on any atom is -0.481 e. The number of aliphatic carboxylic acids is 1. The summed E-state index contributed by atoms with van der Waals surface area (Å²) in [5.41, 5.74) is 4.20. The molecule has 18 heteroatoms. The van der Waals surface area contributed by atoms with E-state index in [0.717, 1.165) is 47.0 Å². The van der Waals surface area contributed by atoms with E-state index < -0.39 is 44.0 Å². The molecule has 298 valence electrons. The van der Waals surface area contributed by atoms with Crippen molar-refractivity contribution < 1.29 is 57.3 Å². The molecule has 4 amide bonds. The second-order valence-corrected chi connectivity index (χ2v) is 14.5. The summed E-state index contributed by atoms with van der Waals surface area (Å²) >= 11 is 5.76. The molecule has 15 nitrogen and oxygen atoms in total. The first-order chi connectivity index (χ1) is 26.0. The normalized spacial score (nSPS) is 15.4. The Labute approximate surface area is 323 Å². The molecule has 0 saturated carbocycles. The van der Waals surface area contributed by atoms with Crippen LogP contribution in [0.2, 0.25) is 0 Å². The fourth-order valence-corrected chi connectivity index (χ4v) is 6.77. The first-order valence-corrected chi connectivity index (χ1v) is 19.6. The van der Waals surface area contributed by atoms with Gasteiger partial charge in [-0.15, -0.1) is 18.0 Å². The highest BCUT2D eigenvalue weighted by molar-refractivity contribution is 7.51. The molecule has 1 aliphatic carbocycles. The molecule has 0 fully saturated rings. The number of carbonyl (C=O) groups excluding carboxylic acids is 4. The summed E-state index contributed by atoms with van der Waals surface area (Å²) in [6.45, 7) is 5.86. The lowest BCUT2D eigenvalue weighted by atomic mass is 9.93. The van der Waals surface area contributed by atoms with Crippen molar-refractivity contribution in [3.63, 3.8) is 0 Å². The van der Waals surface area contributed by atoms with E-state index in [1.165, 1.54) is 11.0 Å². The maximum Gasteiger partial charge on any atom is 0.339 e. The molecular formula is C37H45ClFN4O11P. The number of alkyl halides is 1. The molecule has 2 aromatic rings. The quantitative estimate of drug-likeness (QED) is 0.105. The third-order valence-electron chi connectivity index (χ3n) is 8.62. The zero-order valence-electron chi connectivity index (χ0n) is 31.0. The summed E-state index contributed by atoms with van der Waals surface area (Å²) in [6.07, 6.45) is 8.29. The lowest BCUT2D eigenvalue weighted by molar-refractivity contribution is -0.136. The van der Waals surface area contributed by atoms with Gasteiger partial charge in [-0.2, -0.15) is 0 Å². The van der Waals surface area contributed by atoms with Gasteiger partial charge in [-0.25, -0.2) is 9.29 Å². The number of fused-ring (bicyclic) bond motifs is 1. The van der Waals surface area contributed by atoms with Crippen LogP contribution in [0.4, 0.5) is 21.5 Å². The van der Waals surface area contributed by atoms with Crippen molar-refractivity contribution >= 4 is 65.9 Å². The lowest BCUT2D eigenvalue weighted by Gasteiger charge is -2.31. The van der Waals surface area contributed by atoms with Crippen LogP contribution in [0.25, 0.3) is 0 Å². The number of carboxylic acid groups (broad SMARTS) is 1. The highest BCUT2D eigenvalue weighted by Gasteiger charge is 2.41. The number of nitrogens with zero attached hydrogens (tertiary/aromatic N) is 3. The van der Waals surface area contributed by atoms with Crippen molar-refractivity contribution in [2.75, 3.05) is 60.3 Å². The number of methoxy groups -OCH3 is 1. The largest absolute Gasteiger partial charge is 0.481 e. The molecule has 1 unspecified atom stereocenters. The van der Waals surface area contributed by atoms with Gasteiger partial charge in [0.2, 0.25) is 5.91 Å². The molecule has 0 spiro atoms. The molecule has 2 heterocycles. The number of hydrogen-bond acceptors (Lipinski definition) is 9. The summed E-state index contributed by atoms with van der Waals surface area (Å²) in [7, 11) is -2.46. The number of benzene rings is 2. The standard InChI is InChI=1S/C19H15FN2O4.C15H22ClNO2.C3H8NO5P/c1-2-7-21-15-9-14(13(20)8-16(15)26-10-17(21)23)22-18(24)11-5-3-4-6-12(11)19(22)25;1-5-13-8-6-7-11(2)15(13)17(14(18)9-16)12(3)10-19-4;5-3(6)1-4-2-10(7,8)9/h1,8-9H,3-7,10H2;6-8,12H,5,9-10H2,1-4H3;4H,1-2H2,(H,5,6)(H2,7,8,9). The van der Waals surface area contributed by atoms with Crippen molar-refractivity contribution in [2.24, 2.45) is 0 Å². The van der Waals surface area contributed by atoms with Crippen molar-refractivity contribution in [1.82, 2.24) is 5.32 Å². The average Bonchev–Trinajstić information content (AvgIpc) is 3.38. The molecular weight excluding hydrogens is 762 g/mol. The number of para-hydroxylation sites is 1. The van der Waals surface area contributed by atoms with Crippen molar-refractivity contribution in [3.8, 4) is 18.1 Å². The van der Waals surface area contributed by atoms with E-state index in [4.69, 9.17) is 42.4 Å². The Hall–Kier alpha value is -4.62. The fraction of sp³-hybridized carbons (Fsp3) is 0.432. The third kappa shape index (κ3) is 11.5. The van der Waals surface area contributed by atoms with Gasteiger partial charge < -0.3 is 29.3 Å². The minimum absolute atomic E-state index is 0.0170. The number of carbonyl (C=O) groups is 5. The SMILES string of the molecule is C#CCN1C(=O)COc2cc(F)c(N3C(=O)C4=C(CCCC4)C3=O)cc21.CCc1cccc(C)c1N(C(=O)CCl)C(C)COC.O=C(O)CNCP(=O)(O)O. The molecule has 0 bridgehead atoms. The maximum absolute atomic E-state index is 14.7. The van der Waals surface area contributed by atoms with Gasteiger partial charge >= 0.3 is 13.6 Å². The molecule has 4 N–H and O–H groups in total. The molecule has 2 aromatic carbocycles. The van der Waals surface area contributed by atoms with E-state index in [2.05, 4.69) is 24.2 Å². The summed E-state index contributed by atoms with van der Waals surface area (Å²) in [6, 6.07) is 8.41. The molecule has 0 radical (unpaired) electrons. The lowest BCUT2D eigenvalue weighted by Crippen LogP contribution is -2.43. The number of terminal acetylenes is 1. The van der Waals surface area contributed by atoms with Crippen LogP contribution in [-0.2, 0) is 39.7 Å². The van der Waals surface area contributed by atoms with Crippen LogP contribution in [0.3, 0.4) is 0 Å². The first kappa shape index (κ1) is 44.8. The monoisotopic (exact) mass is 806 g/mol. The van der Waals surface area contributed by atoms with Crippen LogP contribution in [-0.4, -0.2) is 96.1 Å². The number of nitrogens with one attached hydrogen (secondary N) is 1. The average molecular weight is 807 g/mol. The van der Waals surface area contributed by atoms with Gasteiger partial charge in [-0.1, -0.05) is 31.0 Å². The van der Waals surface area contributed by atoms with Gasteiger partial charge in [-0.3, -0.25) is 38.8 Å². The third-order valence-corrected chi connectivity index (χ3v) is 9.48. The van der Waals surface area contributed by atoms with Crippen LogP contribution in [0.5, 0.6) is 5.75 Å². The van der Waals surface area contributed by atoms with E-state index >= 15 is 0 Å². The number of aryl methyl sites for hydroxylation is 2. The zero-order valence-corrected chi connectivity index (χ0v) is 32.6. The number of carboxylic acids is 1. The van der Waals surface area contributed by atoms with Crippen LogP contribution < -0.4 is 24.8 Å². The van der Waals surface area contributed by atoms with Gasteiger partial charge in [0.1, 0.15) is 11.6 Å². The number of rotatable bonds is 12. The Bertz CT molecular complexity index is 1880. The van der Waals surface area contributed by atoms with Gasteiger partial charge in [0.15, 0.2) is 12.4 Å². The highest BCUT2D eigenvalue weighted by Crippen LogP contribution is 2.42. The Morgan fingerprint density at radius 2 is 1.78 bits per heavy atom. The summed E-state index contributed by atoms with van der Waals surface area (Å²) in [4.78, 5) is 79.6. The van der Waals surface area contributed by atoms with E-state index in [-0.39, 0.29) is 54.0 Å². The Morgan fingerprint density at radius 1 is 1.15 bits per heavy atom. The van der Waals surface area contributed by atoms with E-state index in [9.17, 15) is 32.9 Å². The predicted octanol–water partition coefficient (Wildman–Crippen LogP) is 3.89. The topological polar surface area (TPSA) is 203 Å². The second-order valence-electron chi connectivity index (χ2n) is 12.6. The highest BCUT2D eigenvalue weighted by atomic mass is 35.5. The Balaban J connectivity index is 0.000000246. The van der Waals surface area contributed by atoms with E-state index in [1.807, 2.05) is 26.0 Å². The smallest absolute Gasteiger partial charge is 0.339 e. The van der Waals surface area contributed by atoms with Crippen LogP contribution in [0, 0.1) is 25.1 Å². The molecule has 55 heavy (non-hydrogen) atoms. The molecule has 3 aliphatic rings. The second kappa shape index (κ2) is 20.3. The van der Waals surface area contributed by atoms with Crippen LogP contribution in [0.1, 0.15) is 50.7 Å². The van der Waals surface area contributed by atoms with Crippen LogP contribution in [0.15, 0.2) is 41.5 Å². The summed E-state index contributed by atoms with van der Waals surface area (Å²) < 4.78 is 35.2. The number of imide groups is 1. The fourth-order valence-electron chi connectivity index (χ4n) is 6.23. The predicted molar refractivity (Wildman–Crippen MR) is 204 cm³/mol. The summed E-state index contributed by atoms with van der Waals surface area (Å²) in [5.74, 6) is -0.849. The van der Waals surface area contributed by atoms with E-state index in [1.54, 1.807) is 12.0 Å². The van der Waals surface area contributed by atoms with Crippen molar-refractivity contribution in [1.29, 1.82) is 0 Å². The Morgan fingerprint density at radius 3 is 2.31 bits per heavy atom. The van der Waals surface area contributed by atoms with E-state index in [0.29, 0.717) is 30.6 Å². The summed E-state index contributed by atoms with van der Waals surface area (Å²) in [5, 5.41) is 10.1. The number of amides is 4. The Kier molecular flexibility index (Phi) is 16.6. The molecule has 0 saturated heterocycles. The first-order valence-electron chi connectivity index (χ1n) is 17.2. The molecule has 0 aromatic heterocycles. The zero-order chi connectivity index (χ0) is 41.0. The van der Waals surface area contributed by atoms with Crippen LogP contribution >= 0.6 is 19.2 Å². The van der Waals surface area contributed by atoms with Gasteiger partial charge in [0, 0.05) is 24.3 Å². The number of ether oxygens (including phenoxy) is 2. The van der Waals surface area contributed by atoms with Gasteiger partial charge in [-0.05, 0) is 63.1 Å². The molecule has 2 aliphatic heterocycles. The molecule has 1 atom stereocenters. The van der Waals surface area contributed by atoms with Crippen molar-refractivity contribution in [3.05, 3.63) is 58.4 Å². The number of anilines is 3. The number of halogens is 2. The van der Waals surface area contributed by atoms with Gasteiger partial charge in [0.05, 0.1) is 49.1 Å². The number of hydrogen-bond donors (Lipinski definition) is 4. The molecule has 5 rings (SSSR count). The maximum atomic E-state index is 14.7. The van der Waals surface area contributed by atoms with Crippen molar-refractivity contribution in [2.45, 2.75) is 58.9 Å². The van der Waals surface area contributed by atoms with Gasteiger partial charge in [0.25, 0.3) is 17.7 Å². The minimum atomic E-state index is -4.10.